The summed E-state index contributed by atoms with van der Waals surface area (Å²) in [5.74, 6) is 0. The van der Waals surface area contributed by atoms with Crippen LogP contribution < -0.4 is 5.32 Å². The number of hydrogen-bond donors (Lipinski definition) is 1. The third-order valence-electron chi connectivity index (χ3n) is 5.11. The van der Waals surface area contributed by atoms with Gasteiger partial charge in [-0.15, -0.1) is 0 Å². The van der Waals surface area contributed by atoms with Crippen LogP contribution in [0, 0.1) is 0 Å². The van der Waals surface area contributed by atoms with Crippen molar-refractivity contribution in [3.05, 3.63) is 0 Å². The molecule has 1 saturated carbocycles. The van der Waals surface area contributed by atoms with E-state index < -0.39 is 0 Å². The van der Waals surface area contributed by atoms with Crippen LogP contribution in [0.15, 0.2) is 0 Å². The summed E-state index contributed by atoms with van der Waals surface area (Å²) < 4.78 is 0. The Hall–Kier alpha value is -0.120. The van der Waals surface area contributed by atoms with Crippen LogP contribution in [-0.2, 0) is 0 Å². The maximum atomic E-state index is 3.77. The maximum absolute atomic E-state index is 3.77. The summed E-state index contributed by atoms with van der Waals surface area (Å²) in [5, 5.41) is 3.77. The van der Waals surface area contributed by atoms with Crippen LogP contribution in [-0.4, -0.2) is 61.2 Å². The van der Waals surface area contributed by atoms with E-state index >= 15 is 0 Å². The number of piperidine rings is 1. The molecule has 0 aromatic heterocycles. The number of nitrogens with one attached hydrogen (secondary N) is 1. The van der Waals surface area contributed by atoms with E-state index in [0.717, 1.165) is 18.1 Å². The van der Waals surface area contributed by atoms with Crippen LogP contribution in [0.1, 0.15) is 52.4 Å². The molecule has 0 aromatic carbocycles. The van der Waals surface area contributed by atoms with Gasteiger partial charge in [0.05, 0.1) is 0 Å². The second-order valence-corrected chi connectivity index (χ2v) is 6.78. The van der Waals surface area contributed by atoms with Gasteiger partial charge in [0.1, 0.15) is 0 Å². The summed E-state index contributed by atoms with van der Waals surface area (Å²) in [4.78, 5) is 5.17. The molecule has 1 N–H and O–H groups in total. The Morgan fingerprint density at radius 3 is 2.32 bits per heavy atom. The second kappa shape index (κ2) is 7.61. The fourth-order valence-electron chi connectivity index (χ4n) is 3.59. The van der Waals surface area contributed by atoms with Crippen LogP contribution >= 0.6 is 0 Å². The molecule has 0 radical (unpaired) electrons. The molecule has 1 heterocycles. The van der Waals surface area contributed by atoms with E-state index in [1.54, 1.807) is 0 Å². The molecule has 0 spiro atoms. The van der Waals surface area contributed by atoms with Gasteiger partial charge in [0.2, 0.25) is 0 Å². The molecule has 0 bridgehead atoms. The van der Waals surface area contributed by atoms with Crippen molar-refractivity contribution in [2.75, 3.05) is 33.2 Å². The highest BCUT2D eigenvalue weighted by Crippen LogP contribution is 2.21. The van der Waals surface area contributed by atoms with Gasteiger partial charge in [-0.3, -0.25) is 0 Å². The second-order valence-electron chi connectivity index (χ2n) is 6.78. The number of hydrogen-bond acceptors (Lipinski definition) is 3. The predicted octanol–water partition coefficient (Wildman–Crippen LogP) is 2.32. The van der Waals surface area contributed by atoms with Gasteiger partial charge in [-0.2, -0.15) is 0 Å². The van der Waals surface area contributed by atoms with Crippen molar-refractivity contribution in [3.63, 3.8) is 0 Å². The molecule has 2 fully saturated rings. The average Bonchev–Trinajstić information content (AvgIpc) is 2.93. The normalized spacial score (nSPS) is 23.8. The topological polar surface area (TPSA) is 18.5 Å². The van der Waals surface area contributed by atoms with Gasteiger partial charge in [0, 0.05) is 31.2 Å². The van der Waals surface area contributed by atoms with E-state index in [2.05, 4.69) is 36.0 Å². The molecule has 0 amide bonds. The lowest BCUT2D eigenvalue weighted by atomic mass is 10.0. The fourth-order valence-corrected chi connectivity index (χ4v) is 3.59. The van der Waals surface area contributed by atoms with E-state index in [9.17, 15) is 0 Å². The van der Waals surface area contributed by atoms with Crippen molar-refractivity contribution < 1.29 is 0 Å². The Bertz CT molecular complexity index is 240. The van der Waals surface area contributed by atoms with Crippen molar-refractivity contribution >= 4 is 0 Å². The first-order valence-electron chi connectivity index (χ1n) is 8.34. The molecular weight excluding hydrogens is 234 g/mol. The Morgan fingerprint density at radius 2 is 1.74 bits per heavy atom. The molecule has 19 heavy (non-hydrogen) atoms. The third kappa shape index (κ3) is 4.73. The summed E-state index contributed by atoms with van der Waals surface area (Å²) in [6, 6.07) is 2.34. The molecule has 2 aliphatic rings. The molecule has 3 nitrogen and oxygen atoms in total. The van der Waals surface area contributed by atoms with Gasteiger partial charge in [-0.05, 0) is 59.7 Å². The third-order valence-corrected chi connectivity index (χ3v) is 5.11. The first-order chi connectivity index (χ1) is 9.16. The molecule has 1 aliphatic carbocycles. The van der Waals surface area contributed by atoms with Gasteiger partial charge in [0.15, 0.2) is 0 Å². The molecule has 0 unspecified atom stereocenters. The first-order valence-corrected chi connectivity index (χ1v) is 8.34. The largest absolute Gasteiger partial charge is 0.313 e. The molecule has 3 heteroatoms. The number of rotatable bonds is 6. The Balaban J connectivity index is 1.56. The highest BCUT2D eigenvalue weighted by atomic mass is 15.2. The zero-order chi connectivity index (χ0) is 13.7. The predicted molar refractivity (Wildman–Crippen MR) is 82.6 cm³/mol. The van der Waals surface area contributed by atoms with Crippen LogP contribution in [0.4, 0.5) is 0 Å². The maximum Gasteiger partial charge on any atom is 0.0107 e. The molecule has 1 aliphatic heterocycles. The van der Waals surface area contributed by atoms with E-state index in [0.29, 0.717) is 0 Å². The summed E-state index contributed by atoms with van der Waals surface area (Å²) >= 11 is 0. The molecule has 2 rings (SSSR count). The molecule has 0 atom stereocenters. The Labute approximate surface area is 119 Å². The van der Waals surface area contributed by atoms with Crippen LogP contribution in [0.5, 0.6) is 0 Å². The van der Waals surface area contributed by atoms with Gasteiger partial charge in [-0.25, -0.2) is 0 Å². The van der Waals surface area contributed by atoms with Gasteiger partial charge in [0.25, 0.3) is 0 Å². The summed E-state index contributed by atoms with van der Waals surface area (Å²) in [5.41, 5.74) is 0. The van der Waals surface area contributed by atoms with Gasteiger partial charge in [-0.1, -0.05) is 12.8 Å². The number of likely N-dealkylation sites (tertiary alicyclic amines) is 1. The van der Waals surface area contributed by atoms with E-state index in [1.165, 1.54) is 64.7 Å². The lowest BCUT2D eigenvalue weighted by molar-refractivity contribution is 0.158. The highest BCUT2D eigenvalue weighted by Gasteiger charge is 2.21. The first kappa shape index (κ1) is 15.3. The van der Waals surface area contributed by atoms with E-state index in [-0.39, 0.29) is 0 Å². The van der Waals surface area contributed by atoms with Crippen molar-refractivity contribution in [2.45, 2.75) is 70.5 Å². The van der Waals surface area contributed by atoms with E-state index in [1.807, 2.05) is 0 Å². The fraction of sp³-hybridized carbons (Fsp3) is 1.00. The quantitative estimate of drug-likeness (QED) is 0.797. The van der Waals surface area contributed by atoms with Crippen LogP contribution in [0.2, 0.25) is 0 Å². The SMILES string of the molecule is CC(C)N1CCC(NCCN(C)C2CCCC2)CC1. The van der Waals surface area contributed by atoms with Crippen molar-refractivity contribution in [1.29, 1.82) is 0 Å². The average molecular weight is 267 g/mol. The lowest BCUT2D eigenvalue weighted by Gasteiger charge is -2.35. The Morgan fingerprint density at radius 1 is 1.11 bits per heavy atom. The lowest BCUT2D eigenvalue weighted by Crippen LogP contribution is -2.46. The summed E-state index contributed by atoms with van der Waals surface area (Å²) in [6.07, 6.45) is 8.37. The smallest absolute Gasteiger partial charge is 0.0107 e. The molecular formula is C16H33N3. The minimum Gasteiger partial charge on any atom is -0.313 e. The Kier molecular flexibility index (Phi) is 6.11. The van der Waals surface area contributed by atoms with Gasteiger partial charge >= 0.3 is 0 Å². The monoisotopic (exact) mass is 267 g/mol. The summed E-state index contributed by atoms with van der Waals surface area (Å²) in [6.45, 7) is 9.55. The minimum absolute atomic E-state index is 0.717. The van der Waals surface area contributed by atoms with Gasteiger partial charge < -0.3 is 15.1 Å². The number of nitrogens with zero attached hydrogens (tertiary/aromatic N) is 2. The molecule has 0 aromatic rings. The van der Waals surface area contributed by atoms with Crippen molar-refractivity contribution in [3.8, 4) is 0 Å². The number of likely N-dealkylation sites (N-methyl/N-ethyl adjacent to an activating group) is 1. The molecule has 112 valence electrons. The molecule has 1 saturated heterocycles. The van der Waals surface area contributed by atoms with Crippen molar-refractivity contribution in [2.24, 2.45) is 0 Å². The minimum atomic E-state index is 0.717. The van der Waals surface area contributed by atoms with Crippen LogP contribution in [0.3, 0.4) is 0 Å². The highest BCUT2D eigenvalue weighted by molar-refractivity contribution is 4.80. The zero-order valence-electron chi connectivity index (χ0n) is 13.2. The standard InChI is InChI=1S/C16H33N3/c1-14(2)19-11-8-15(9-12-19)17-10-13-18(3)16-6-4-5-7-16/h14-17H,4-13H2,1-3H3. The van der Waals surface area contributed by atoms with Crippen LogP contribution in [0.25, 0.3) is 0 Å². The summed E-state index contributed by atoms with van der Waals surface area (Å²) in [7, 11) is 2.30. The zero-order valence-corrected chi connectivity index (χ0v) is 13.2. The van der Waals surface area contributed by atoms with E-state index in [4.69, 9.17) is 0 Å². The van der Waals surface area contributed by atoms with Crippen molar-refractivity contribution in [1.82, 2.24) is 15.1 Å².